The van der Waals surface area contributed by atoms with Crippen molar-refractivity contribution in [3.63, 3.8) is 0 Å². The highest BCUT2D eigenvalue weighted by atomic mass is 16.4. The lowest BCUT2D eigenvalue weighted by atomic mass is 10.2. The lowest BCUT2D eigenvalue weighted by Crippen LogP contribution is -2.09. The second-order valence-corrected chi connectivity index (χ2v) is 3.11. The first-order valence-corrected chi connectivity index (χ1v) is 4.34. The molecule has 1 atom stereocenters. The molecule has 0 bridgehead atoms. The summed E-state index contributed by atoms with van der Waals surface area (Å²) in [5.74, 6) is -0.864. The number of nitrogens with one attached hydrogen (secondary N) is 1. The first-order valence-electron chi connectivity index (χ1n) is 4.34. The zero-order chi connectivity index (χ0) is 10.0. The van der Waals surface area contributed by atoms with Gasteiger partial charge in [0.1, 0.15) is 11.7 Å². The molecule has 1 aromatic rings. The van der Waals surface area contributed by atoms with Crippen LogP contribution in [0, 0.1) is 6.92 Å². The minimum absolute atomic E-state index is 0.543. The van der Waals surface area contributed by atoms with E-state index in [2.05, 4.69) is 9.97 Å². The molecule has 1 heterocycles. The molecule has 0 aliphatic rings. The summed E-state index contributed by atoms with van der Waals surface area (Å²) in [6.07, 6.45) is 0.828. The second kappa shape index (κ2) is 3.60. The number of H-pyrrole nitrogens is 1. The van der Waals surface area contributed by atoms with E-state index >= 15 is 0 Å². The monoisotopic (exact) mass is 182 g/mol. The fourth-order valence-electron chi connectivity index (χ4n) is 1.19. The van der Waals surface area contributed by atoms with Crippen LogP contribution in [0.1, 0.15) is 37.0 Å². The summed E-state index contributed by atoms with van der Waals surface area (Å²) >= 11 is 0. The number of aromatic nitrogens is 2. The fraction of sp³-hybridized carbons (Fsp3) is 0.556. The lowest BCUT2D eigenvalue weighted by Gasteiger charge is -1.99. The van der Waals surface area contributed by atoms with E-state index in [4.69, 9.17) is 5.11 Å². The van der Waals surface area contributed by atoms with Gasteiger partial charge >= 0.3 is 5.97 Å². The summed E-state index contributed by atoms with van der Waals surface area (Å²) in [5, 5.41) is 8.75. The molecule has 0 fully saturated rings. The van der Waals surface area contributed by atoms with E-state index in [9.17, 15) is 4.79 Å². The number of hydrogen-bond acceptors (Lipinski definition) is 2. The van der Waals surface area contributed by atoms with Crippen molar-refractivity contribution in [1.82, 2.24) is 9.97 Å². The molecule has 0 saturated heterocycles. The highest BCUT2D eigenvalue weighted by molar-refractivity contribution is 5.74. The van der Waals surface area contributed by atoms with Crippen LogP contribution in [0.15, 0.2) is 0 Å². The van der Waals surface area contributed by atoms with Crippen LogP contribution in [0.5, 0.6) is 0 Å². The van der Waals surface area contributed by atoms with Crippen LogP contribution in [0.4, 0.5) is 0 Å². The molecule has 1 rings (SSSR count). The average molecular weight is 182 g/mol. The van der Waals surface area contributed by atoms with Crippen LogP contribution in [0.3, 0.4) is 0 Å². The Morgan fingerprint density at radius 3 is 2.69 bits per heavy atom. The summed E-state index contributed by atoms with van der Waals surface area (Å²) in [6, 6.07) is 0. The third-order valence-corrected chi connectivity index (χ3v) is 2.12. The van der Waals surface area contributed by atoms with Crippen LogP contribution < -0.4 is 0 Å². The fourth-order valence-corrected chi connectivity index (χ4v) is 1.19. The highest BCUT2D eigenvalue weighted by Crippen LogP contribution is 2.14. The first-order chi connectivity index (χ1) is 6.06. The molecule has 4 heteroatoms. The maximum Gasteiger partial charge on any atom is 0.313 e. The minimum atomic E-state index is -0.851. The normalized spacial score (nSPS) is 12.8. The van der Waals surface area contributed by atoms with Gasteiger partial charge < -0.3 is 10.1 Å². The van der Waals surface area contributed by atoms with E-state index in [1.165, 1.54) is 0 Å². The number of aromatic amines is 1. The number of rotatable bonds is 3. The molecule has 72 valence electrons. The largest absolute Gasteiger partial charge is 0.481 e. The lowest BCUT2D eigenvalue weighted by molar-refractivity contribution is -0.138. The standard InChI is InChI=1S/C9H14N2O2/c1-4-7-6(3)10-8(11-7)5(2)9(12)13/h5H,4H2,1-3H3,(H,10,11)(H,12,13). The van der Waals surface area contributed by atoms with Crippen molar-refractivity contribution in [2.45, 2.75) is 33.1 Å². The van der Waals surface area contributed by atoms with E-state index in [-0.39, 0.29) is 0 Å². The van der Waals surface area contributed by atoms with Gasteiger partial charge in [-0.2, -0.15) is 0 Å². The molecule has 0 aliphatic heterocycles. The maximum absolute atomic E-state index is 10.6. The SMILES string of the molecule is CCc1nc(C(C)C(=O)O)[nH]c1C. The number of aryl methyl sites for hydroxylation is 2. The Labute approximate surface area is 77.0 Å². The van der Waals surface area contributed by atoms with Gasteiger partial charge in [0.15, 0.2) is 0 Å². The van der Waals surface area contributed by atoms with Crippen molar-refractivity contribution in [2.75, 3.05) is 0 Å². The van der Waals surface area contributed by atoms with Gasteiger partial charge in [-0.25, -0.2) is 4.98 Å². The molecular weight excluding hydrogens is 168 g/mol. The topological polar surface area (TPSA) is 66.0 Å². The van der Waals surface area contributed by atoms with Gasteiger partial charge in [0.25, 0.3) is 0 Å². The second-order valence-electron chi connectivity index (χ2n) is 3.11. The van der Waals surface area contributed by atoms with Gasteiger partial charge in [-0.05, 0) is 20.3 Å². The zero-order valence-corrected chi connectivity index (χ0v) is 8.09. The van der Waals surface area contributed by atoms with E-state index in [0.717, 1.165) is 17.8 Å². The third kappa shape index (κ3) is 1.88. The van der Waals surface area contributed by atoms with Gasteiger partial charge in [0.05, 0.1) is 5.69 Å². The molecule has 13 heavy (non-hydrogen) atoms. The molecule has 4 nitrogen and oxygen atoms in total. The summed E-state index contributed by atoms with van der Waals surface area (Å²) in [5.41, 5.74) is 1.91. The maximum atomic E-state index is 10.6. The van der Waals surface area contributed by atoms with Crippen LogP contribution in [-0.2, 0) is 11.2 Å². The summed E-state index contributed by atoms with van der Waals surface area (Å²) in [4.78, 5) is 17.8. The molecule has 0 spiro atoms. The van der Waals surface area contributed by atoms with Crippen LogP contribution >= 0.6 is 0 Å². The Bertz CT molecular complexity index is 317. The zero-order valence-electron chi connectivity index (χ0n) is 8.09. The molecule has 1 unspecified atom stereocenters. The Kier molecular flexibility index (Phi) is 2.70. The van der Waals surface area contributed by atoms with Gasteiger partial charge in [0.2, 0.25) is 0 Å². The van der Waals surface area contributed by atoms with Crippen molar-refractivity contribution < 1.29 is 9.90 Å². The molecule has 0 amide bonds. The molecule has 0 aliphatic carbocycles. The van der Waals surface area contributed by atoms with Gasteiger partial charge in [-0.15, -0.1) is 0 Å². The summed E-state index contributed by atoms with van der Waals surface area (Å²) < 4.78 is 0. The van der Waals surface area contributed by atoms with Crippen molar-refractivity contribution in [3.8, 4) is 0 Å². The Balaban J connectivity index is 2.96. The van der Waals surface area contributed by atoms with Crippen molar-refractivity contribution in [1.29, 1.82) is 0 Å². The Hall–Kier alpha value is -1.32. The molecule has 1 aromatic heterocycles. The van der Waals surface area contributed by atoms with E-state index in [1.807, 2.05) is 13.8 Å². The summed E-state index contributed by atoms with van der Waals surface area (Å²) in [6.45, 7) is 5.53. The van der Waals surface area contributed by atoms with Crippen LogP contribution in [-0.4, -0.2) is 21.0 Å². The first kappa shape index (κ1) is 9.77. The van der Waals surface area contributed by atoms with Gasteiger partial charge in [-0.1, -0.05) is 6.92 Å². The van der Waals surface area contributed by atoms with E-state index in [1.54, 1.807) is 6.92 Å². The number of nitrogens with zero attached hydrogens (tertiary/aromatic N) is 1. The van der Waals surface area contributed by atoms with Gasteiger partial charge in [0, 0.05) is 5.69 Å². The molecule has 0 aromatic carbocycles. The summed E-state index contributed by atoms with van der Waals surface area (Å²) in [7, 11) is 0. The van der Waals surface area contributed by atoms with E-state index < -0.39 is 11.9 Å². The molecule has 0 radical (unpaired) electrons. The molecule has 2 N–H and O–H groups in total. The smallest absolute Gasteiger partial charge is 0.313 e. The molecular formula is C9H14N2O2. The number of carbonyl (C=O) groups is 1. The van der Waals surface area contributed by atoms with E-state index in [0.29, 0.717) is 5.82 Å². The van der Waals surface area contributed by atoms with Crippen molar-refractivity contribution in [2.24, 2.45) is 0 Å². The minimum Gasteiger partial charge on any atom is -0.481 e. The van der Waals surface area contributed by atoms with Crippen LogP contribution in [0.2, 0.25) is 0 Å². The predicted octanol–water partition coefficient (Wildman–Crippen LogP) is 1.47. The number of imidazole rings is 1. The highest BCUT2D eigenvalue weighted by Gasteiger charge is 2.18. The number of carboxylic acids is 1. The van der Waals surface area contributed by atoms with Gasteiger partial charge in [-0.3, -0.25) is 4.79 Å². The third-order valence-electron chi connectivity index (χ3n) is 2.12. The average Bonchev–Trinajstić information content (AvgIpc) is 2.45. The number of aliphatic carboxylic acids is 1. The number of carboxylic acid groups (broad SMARTS) is 1. The van der Waals surface area contributed by atoms with Crippen LogP contribution in [0.25, 0.3) is 0 Å². The Morgan fingerprint density at radius 2 is 2.31 bits per heavy atom. The van der Waals surface area contributed by atoms with Crippen molar-refractivity contribution >= 4 is 5.97 Å². The molecule has 0 saturated carbocycles. The predicted molar refractivity (Wildman–Crippen MR) is 48.8 cm³/mol. The Morgan fingerprint density at radius 1 is 1.69 bits per heavy atom. The quantitative estimate of drug-likeness (QED) is 0.743. The van der Waals surface area contributed by atoms with Crippen molar-refractivity contribution in [3.05, 3.63) is 17.2 Å². The number of hydrogen-bond donors (Lipinski definition) is 2.